The molecule has 0 spiro atoms. The van der Waals surface area contributed by atoms with Crippen molar-refractivity contribution in [1.82, 2.24) is 9.55 Å². The van der Waals surface area contributed by atoms with Crippen LogP contribution in [0.3, 0.4) is 0 Å². The van der Waals surface area contributed by atoms with Gasteiger partial charge in [-0.05, 0) is 104 Å². The maximum atomic E-state index is 4.97. The first-order valence-electron chi connectivity index (χ1n) is 29.0. The Bertz CT molecular complexity index is 4400. The lowest BCUT2D eigenvalue weighted by Gasteiger charge is -2.32. The molecule has 2 aromatic heterocycles. The third-order valence-corrected chi connectivity index (χ3v) is 16.8. The van der Waals surface area contributed by atoms with Crippen LogP contribution in [0.5, 0.6) is 0 Å². The SMILES string of the molecule is CC(C)(C)c1ccc(-c2cccc(-c3ccc(C(C)(C)C)cc3)c2N(c2cccc(N3CN(c4c(-c5ccccc5)cccc4-c4ccccc4)c4c3ccc3ccccc43)c2)c2ccc3c4ccccc4n(-c4ccccn4)c3c2)cc1. The third kappa shape index (κ3) is 9.19. The van der Waals surface area contributed by atoms with E-state index < -0.39 is 0 Å². The number of para-hydroxylation sites is 3. The number of fused-ring (bicyclic) bond motifs is 6. The molecule has 402 valence electrons. The van der Waals surface area contributed by atoms with Crippen LogP contribution in [0.25, 0.3) is 82.9 Å². The van der Waals surface area contributed by atoms with Gasteiger partial charge in [-0.2, -0.15) is 0 Å². The molecule has 11 aromatic carbocycles. The van der Waals surface area contributed by atoms with Crippen molar-refractivity contribution in [3.8, 4) is 50.3 Å². The molecule has 0 N–H and O–H groups in total. The molecule has 5 heteroatoms. The van der Waals surface area contributed by atoms with Crippen LogP contribution >= 0.6 is 0 Å². The first-order valence-corrected chi connectivity index (χ1v) is 29.0. The first-order chi connectivity index (χ1) is 40.5. The molecule has 0 bridgehead atoms. The lowest BCUT2D eigenvalue weighted by atomic mass is 9.85. The highest BCUT2D eigenvalue weighted by molar-refractivity contribution is 6.12. The molecule has 83 heavy (non-hydrogen) atoms. The van der Waals surface area contributed by atoms with Gasteiger partial charge in [-0.1, -0.05) is 254 Å². The van der Waals surface area contributed by atoms with E-state index in [2.05, 4.69) is 322 Å². The van der Waals surface area contributed by atoms with Crippen LogP contribution in [-0.2, 0) is 10.8 Å². The summed E-state index contributed by atoms with van der Waals surface area (Å²) in [6.45, 7) is 14.3. The average molecular weight is 1070 g/mol. The van der Waals surface area contributed by atoms with E-state index in [-0.39, 0.29) is 10.8 Å². The molecule has 0 atom stereocenters. The zero-order chi connectivity index (χ0) is 56.4. The van der Waals surface area contributed by atoms with E-state index in [0.29, 0.717) is 6.67 Å². The van der Waals surface area contributed by atoms with Crippen molar-refractivity contribution in [2.45, 2.75) is 52.4 Å². The summed E-state index contributed by atoms with van der Waals surface area (Å²) in [6, 6.07) is 98.5. The summed E-state index contributed by atoms with van der Waals surface area (Å²) in [5.74, 6) is 0.873. The highest BCUT2D eigenvalue weighted by Gasteiger charge is 2.34. The van der Waals surface area contributed by atoms with E-state index >= 15 is 0 Å². The van der Waals surface area contributed by atoms with Crippen molar-refractivity contribution >= 4 is 72.4 Å². The summed E-state index contributed by atoms with van der Waals surface area (Å²) >= 11 is 0. The predicted octanol–water partition coefficient (Wildman–Crippen LogP) is 21.3. The standard InChI is InChI=1S/C78H65N5/c1-77(2,3)58-42-37-56(38-43-58)65-33-21-34-66(57-39-44-59(45-40-57)78(4,5)6)75(65)82(62-46-47-69-68-30-15-16-35-70(68)83(72(69)51-62)73-36-17-18-49-79-73)61-28-19-27-60(50-61)80-52-81(76-67-29-14-13-26-55(67)41-48-71(76)80)74-63(53-22-9-7-10-23-53)31-20-32-64(74)54-24-11-8-12-25-54/h7-51H,52H2,1-6H3. The second kappa shape index (κ2) is 20.5. The van der Waals surface area contributed by atoms with Crippen LogP contribution < -0.4 is 14.7 Å². The number of pyridine rings is 1. The van der Waals surface area contributed by atoms with Crippen molar-refractivity contribution in [1.29, 1.82) is 0 Å². The molecule has 0 amide bonds. The molecular formula is C78H65N5. The first kappa shape index (κ1) is 51.2. The molecule has 13 aromatic rings. The number of aromatic nitrogens is 2. The summed E-state index contributed by atoms with van der Waals surface area (Å²) < 4.78 is 2.32. The van der Waals surface area contributed by atoms with Gasteiger partial charge < -0.3 is 14.7 Å². The number of nitrogens with zero attached hydrogens (tertiary/aromatic N) is 5. The minimum Gasteiger partial charge on any atom is -0.321 e. The Morgan fingerprint density at radius 3 is 1.52 bits per heavy atom. The molecule has 14 rings (SSSR count). The van der Waals surface area contributed by atoms with Crippen LogP contribution in [0.4, 0.5) is 39.8 Å². The van der Waals surface area contributed by atoms with Gasteiger partial charge in [0.15, 0.2) is 0 Å². The molecule has 0 saturated carbocycles. The Balaban J connectivity index is 1.02. The largest absolute Gasteiger partial charge is 0.321 e. The van der Waals surface area contributed by atoms with Crippen molar-refractivity contribution in [3.05, 3.63) is 284 Å². The van der Waals surface area contributed by atoms with Crippen molar-refractivity contribution in [2.75, 3.05) is 21.4 Å². The summed E-state index contributed by atoms with van der Waals surface area (Å²) in [4.78, 5) is 12.6. The number of rotatable bonds is 10. The summed E-state index contributed by atoms with van der Waals surface area (Å²) in [5.41, 5.74) is 21.8. The Morgan fingerprint density at radius 2 is 0.904 bits per heavy atom. The monoisotopic (exact) mass is 1070 g/mol. The molecule has 0 saturated heterocycles. The minimum atomic E-state index is -0.00520. The third-order valence-electron chi connectivity index (χ3n) is 16.8. The number of anilines is 7. The zero-order valence-electron chi connectivity index (χ0n) is 47.9. The predicted molar refractivity (Wildman–Crippen MR) is 352 cm³/mol. The van der Waals surface area contributed by atoms with Crippen LogP contribution in [0, 0.1) is 0 Å². The van der Waals surface area contributed by atoms with Gasteiger partial charge in [0.1, 0.15) is 12.5 Å². The lowest BCUT2D eigenvalue weighted by molar-refractivity contribution is 0.590. The fourth-order valence-electron chi connectivity index (χ4n) is 12.6. The second-order valence-electron chi connectivity index (χ2n) is 24.0. The summed E-state index contributed by atoms with van der Waals surface area (Å²) in [7, 11) is 0. The molecule has 1 aliphatic heterocycles. The molecule has 0 fully saturated rings. The molecule has 0 aliphatic carbocycles. The van der Waals surface area contributed by atoms with Crippen LogP contribution in [0.1, 0.15) is 52.7 Å². The van der Waals surface area contributed by atoms with Crippen LogP contribution in [0.15, 0.2) is 273 Å². The topological polar surface area (TPSA) is 27.5 Å². The van der Waals surface area contributed by atoms with Crippen LogP contribution in [0.2, 0.25) is 0 Å². The van der Waals surface area contributed by atoms with Gasteiger partial charge in [-0.15, -0.1) is 0 Å². The molecule has 5 nitrogen and oxygen atoms in total. The van der Waals surface area contributed by atoms with E-state index in [1.165, 1.54) is 66.3 Å². The highest BCUT2D eigenvalue weighted by Crippen LogP contribution is 2.54. The Labute approximate surface area is 487 Å². The fourth-order valence-corrected chi connectivity index (χ4v) is 12.6. The summed E-state index contributed by atoms with van der Waals surface area (Å²) in [5, 5.41) is 4.75. The number of benzene rings is 11. The van der Waals surface area contributed by atoms with Gasteiger partial charge in [0.05, 0.1) is 33.8 Å². The fraction of sp³-hybridized carbons (Fsp3) is 0.115. The maximum Gasteiger partial charge on any atom is 0.137 e. The zero-order valence-corrected chi connectivity index (χ0v) is 47.9. The number of hydrogen-bond donors (Lipinski definition) is 0. The van der Waals surface area contributed by atoms with Gasteiger partial charge in [0, 0.05) is 61.7 Å². The Kier molecular flexibility index (Phi) is 12.7. The van der Waals surface area contributed by atoms with Gasteiger partial charge in [0.2, 0.25) is 0 Å². The molecule has 3 heterocycles. The summed E-state index contributed by atoms with van der Waals surface area (Å²) in [6.07, 6.45) is 1.89. The number of hydrogen-bond acceptors (Lipinski definition) is 4. The van der Waals surface area contributed by atoms with Crippen molar-refractivity contribution in [2.24, 2.45) is 0 Å². The van der Waals surface area contributed by atoms with E-state index in [9.17, 15) is 0 Å². The lowest BCUT2D eigenvalue weighted by Crippen LogP contribution is -2.25. The molecule has 0 unspecified atom stereocenters. The Morgan fingerprint density at radius 1 is 0.373 bits per heavy atom. The van der Waals surface area contributed by atoms with Gasteiger partial charge in [0.25, 0.3) is 0 Å². The van der Waals surface area contributed by atoms with Gasteiger partial charge >= 0.3 is 0 Å². The van der Waals surface area contributed by atoms with Gasteiger partial charge in [-0.25, -0.2) is 4.98 Å². The maximum absolute atomic E-state index is 4.97. The van der Waals surface area contributed by atoms with Crippen molar-refractivity contribution < 1.29 is 0 Å². The highest BCUT2D eigenvalue weighted by atomic mass is 15.4. The second-order valence-corrected chi connectivity index (χ2v) is 24.0. The van der Waals surface area contributed by atoms with Crippen LogP contribution in [-0.4, -0.2) is 16.2 Å². The Hall–Kier alpha value is -9.97. The normalized spacial score (nSPS) is 12.6. The van der Waals surface area contributed by atoms with Crippen molar-refractivity contribution in [3.63, 3.8) is 0 Å². The van der Waals surface area contributed by atoms with E-state index in [1.54, 1.807) is 0 Å². The van der Waals surface area contributed by atoms with E-state index in [4.69, 9.17) is 4.98 Å². The molecule has 1 aliphatic rings. The van der Waals surface area contributed by atoms with E-state index in [1.807, 2.05) is 12.3 Å². The van der Waals surface area contributed by atoms with E-state index in [0.717, 1.165) is 67.5 Å². The smallest absolute Gasteiger partial charge is 0.137 e. The molecular weight excluding hydrogens is 1010 g/mol. The molecule has 0 radical (unpaired) electrons. The average Bonchev–Trinajstić information content (AvgIpc) is 3.64. The quantitative estimate of drug-likeness (QED) is 0.136. The minimum absolute atomic E-state index is 0.00520. The van der Waals surface area contributed by atoms with Gasteiger partial charge in [-0.3, -0.25) is 4.57 Å².